The number of halogens is 1. The van der Waals surface area contributed by atoms with Gasteiger partial charge in [-0.05, 0) is 36.8 Å². The Morgan fingerprint density at radius 1 is 1.15 bits per heavy atom. The van der Waals surface area contributed by atoms with Gasteiger partial charge >= 0.3 is 5.97 Å². The van der Waals surface area contributed by atoms with Gasteiger partial charge < -0.3 is 14.7 Å². The summed E-state index contributed by atoms with van der Waals surface area (Å²) in [4.78, 5) is 25.4. The summed E-state index contributed by atoms with van der Waals surface area (Å²) in [6.45, 7) is 2.11. The molecule has 2 aromatic carbocycles. The number of anilines is 1. The lowest BCUT2D eigenvalue weighted by molar-refractivity contribution is -0.132. The molecule has 1 N–H and O–H groups in total. The first-order valence-corrected chi connectivity index (χ1v) is 8.93. The number of hydrogen-bond acceptors (Lipinski definition) is 3. The molecule has 1 saturated heterocycles. The summed E-state index contributed by atoms with van der Waals surface area (Å²) in [7, 11) is 1.45. The summed E-state index contributed by atoms with van der Waals surface area (Å²) < 4.78 is 5.25. The van der Waals surface area contributed by atoms with Gasteiger partial charge in [0.05, 0.1) is 12.7 Å². The first-order chi connectivity index (χ1) is 12.9. The van der Waals surface area contributed by atoms with Crippen LogP contribution in [0.5, 0.6) is 0 Å². The number of carbonyl (C=O) groups excluding carboxylic acids is 1. The van der Waals surface area contributed by atoms with Crippen molar-refractivity contribution in [2.24, 2.45) is 0 Å². The van der Waals surface area contributed by atoms with Gasteiger partial charge in [0, 0.05) is 35.2 Å². The Morgan fingerprint density at radius 3 is 2.33 bits per heavy atom. The Hall–Kier alpha value is -2.79. The molecule has 5 nitrogen and oxygen atoms in total. The number of rotatable bonds is 5. The Labute approximate surface area is 162 Å². The molecule has 1 fully saturated rings. The van der Waals surface area contributed by atoms with Crippen LogP contribution in [0.1, 0.15) is 30.4 Å². The van der Waals surface area contributed by atoms with Crippen LogP contribution in [0, 0.1) is 0 Å². The third kappa shape index (κ3) is 3.98. The number of carboxylic acid groups (broad SMARTS) is 1. The zero-order valence-electron chi connectivity index (χ0n) is 15.1. The first kappa shape index (κ1) is 19.0. The van der Waals surface area contributed by atoms with E-state index in [9.17, 15) is 9.59 Å². The van der Waals surface area contributed by atoms with Gasteiger partial charge in [0.2, 0.25) is 5.91 Å². The lowest BCUT2D eigenvalue weighted by Crippen LogP contribution is -2.24. The molecule has 1 aliphatic rings. The number of nitrogens with zero attached hydrogens (tertiary/aromatic N) is 1. The van der Waals surface area contributed by atoms with Crippen LogP contribution in [-0.2, 0) is 14.3 Å². The van der Waals surface area contributed by atoms with Gasteiger partial charge in [-0.25, -0.2) is 4.79 Å². The Kier molecular flexibility index (Phi) is 5.51. The second-order valence-corrected chi connectivity index (χ2v) is 6.90. The quantitative estimate of drug-likeness (QED) is 0.614. The van der Waals surface area contributed by atoms with Gasteiger partial charge in [-0.2, -0.15) is 0 Å². The van der Waals surface area contributed by atoms with E-state index < -0.39 is 5.97 Å². The maximum Gasteiger partial charge on any atom is 0.335 e. The number of carbonyl (C=O) groups is 2. The molecule has 1 unspecified atom stereocenters. The fourth-order valence-corrected chi connectivity index (χ4v) is 3.42. The number of amides is 1. The van der Waals surface area contributed by atoms with E-state index in [0.717, 1.165) is 11.3 Å². The summed E-state index contributed by atoms with van der Waals surface area (Å²) in [6.07, 6.45) is 0.434. The summed E-state index contributed by atoms with van der Waals surface area (Å²) in [5.41, 5.74) is 2.72. The highest BCUT2D eigenvalue weighted by Gasteiger charge is 2.31. The zero-order chi connectivity index (χ0) is 19.6. The van der Waals surface area contributed by atoms with Crippen LogP contribution in [0.2, 0.25) is 5.02 Å². The van der Waals surface area contributed by atoms with Crippen molar-refractivity contribution in [2.45, 2.75) is 19.3 Å². The summed E-state index contributed by atoms with van der Waals surface area (Å²) in [5, 5.41) is 9.80. The highest BCUT2D eigenvalue weighted by molar-refractivity contribution is 6.30. The molecule has 0 spiro atoms. The van der Waals surface area contributed by atoms with E-state index in [1.54, 1.807) is 17.0 Å². The molecular formula is C21H20ClNO4. The van der Waals surface area contributed by atoms with Gasteiger partial charge in [-0.15, -0.1) is 0 Å². The van der Waals surface area contributed by atoms with Crippen molar-refractivity contribution in [3.05, 3.63) is 70.3 Å². The van der Waals surface area contributed by atoms with Crippen molar-refractivity contribution < 1.29 is 19.4 Å². The number of benzene rings is 2. The van der Waals surface area contributed by atoms with Crippen LogP contribution in [0.25, 0.3) is 5.76 Å². The minimum absolute atomic E-state index is 0.0746. The standard InChI is InChI=1S/C21H20ClNO4/c1-13(21(25)26)20(27-2)15-5-3-14(4-6-15)16-11-19(24)23(12-16)18-9-7-17(22)8-10-18/h3-10,16H,11-12H2,1-2H3,(H,25,26). The maximum absolute atomic E-state index is 12.4. The van der Waals surface area contributed by atoms with Crippen LogP contribution in [0.15, 0.2) is 54.1 Å². The number of carboxylic acids is 1. The highest BCUT2D eigenvalue weighted by atomic mass is 35.5. The molecule has 0 aromatic heterocycles. The number of hydrogen-bond donors (Lipinski definition) is 1. The van der Waals surface area contributed by atoms with Crippen molar-refractivity contribution >= 4 is 34.9 Å². The van der Waals surface area contributed by atoms with Crippen molar-refractivity contribution in [1.29, 1.82) is 0 Å². The monoisotopic (exact) mass is 385 g/mol. The predicted octanol–water partition coefficient (Wildman–Crippen LogP) is 4.32. The third-order valence-corrected chi connectivity index (χ3v) is 5.03. The molecule has 140 valence electrons. The van der Waals surface area contributed by atoms with E-state index in [1.807, 2.05) is 36.4 Å². The predicted molar refractivity (Wildman–Crippen MR) is 105 cm³/mol. The van der Waals surface area contributed by atoms with Crippen LogP contribution >= 0.6 is 11.6 Å². The molecule has 0 aliphatic carbocycles. The third-order valence-electron chi connectivity index (χ3n) is 4.77. The minimum Gasteiger partial charge on any atom is -0.496 e. The number of methoxy groups -OCH3 is 1. The molecule has 1 amide bonds. The largest absolute Gasteiger partial charge is 0.496 e. The summed E-state index contributed by atoms with van der Waals surface area (Å²) in [5.74, 6) is -0.529. The molecule has 6 heteroatoms. The maximum atomic E-state index is 12.4. The fraction of sp³-hybridized carbons (Fsp3) is 0.238. The minimum atomic E-state index is -1.02. The molecule has 0 bridgehead atoms. The molecule has 0 radical (unpaired) electrons. The molecular weight excluding hydrogens is 366 g/mol. The van der Waals surface area contributed by atoms with Crippen LogP contribution in [0.4, 0.5) is 5.69 Å². The Balaban J connectivity index is 1.80. The molecule has 27 heavy (non-hydrogen) atoms. The van der Waals surface area contributed by atoms with Crippen LogP contribution in [0.3, 0.4) is 0 Å². The molecule has 1 atom stereocenters. The van der Waals surface area contributed by atoms with E-state index in [1.165, 1.54) is 14.0 Å². The molecule has 0 saturated carbocycles. The number of aliphatic carboxylic acids is 1. The summed E-state index contributed by atoms with van der Waals surface area (Å²) >= 11 is 5.92. The second kappa shape index (κ2) is 7.84. The van der Waals surface area contributed by atoms with Crippen LogP contribution in [-0.4, -0.2) is 30.6 Å². The van der Waals surface area contributed by atoms with E-state index in [-0.39, 0.29) is 17.4 Å². The normalized spacial score (nSPS) is 17.7. The van der Waals surface area contributed by atoms with Crippen molar-refractivity contribution in [3.8, 4) is 0 Å². The highest BCUT2D eigenvalue weighted by Crippen LogP contribution is 2.33. The molecule has 1 heterocycles. The molecule has 2 aromatic rings. The smallest absolute Gasteiger partial charge is 0.335 e. The average molecular weight is 386 g/mol. The number of ether oxygens (including phenoxy) is 1. The molecule has 3 rings (SSSR count). The van der Waals surface area contributed by atoms with Crippen molar-refractivity contribution in [1.82, 2.24) is 0 Å². The van der Waals surface area contributed by atoms with Gasteiger partial charge in [-0.1, -0.05) is 35.9 Å². The van der Waals surface area contributed by atoms with E-state index in [2.05, 4.69) is 0 Å². The van der Waals surface area contributed by atoms with Crippen molar-refractivity contribution in [3.63, 3.8) is 0 Å². The Morgan fingerprint density at radius 2 is 1.78 bits per heavy atom. The molecule has 1 aliphatic heterocycles. The van der Waals surface area contributed by atoms with Gasteiger partial charge in [0.25, 0.3) is 0 Å². The Bertz CT molecular complexity index is 887. The zero-order valence-corrected chi connectivity index (χ0v) is 15.9. The van der Waals surface area contributed by atoms with E-state index >= 15 is 0 Å². The van der Waals surface area contributed by atoms with Crippen LogP contribution < -0.4 is 4.90 Å². The lowest BCUT2D eigenvalue weighted by atomic mass is 9.96. The summed E-state index contributed by atoms with van der Waals surface area (Å²) in [6, 6.07) is 14.7. The van der Waals surface area contributed by atoms with Gasteiger partial charge in [0.15, 0.2) is 0 Å². The van der Waals surface area contributed by atoms with Gasteiger partial charge in [0.1, 0.15) is 5.76 Å². The average Bonchev–Trinajstić information content (AvgIpc) is 3.05. The van der Waals surface area contributed by atoms with E-state index in [0.29, 0.717) is 29.3 Å². The lowest BCUT2D eigenvalue weighted by Gasteiger charge is -2.17. The van der Waals surface area contributed by atoms with E-state index in [4.69, 9.17) is 21.4 Å². The second-order valence-electron chi connectivity index (χ2n) is 6.47. The fourth-order valence-electron chi connectivity index (χ4n) is 3.29. The SMILES string of the molecule is COC(=C(C)C(=O)O)c1ccc(C2CC(=O)N(c3ccc(Cl)cc3)C2)cc1. The topological polar surface area (TPSA) is 66.8 Å². The first-order valence-electron chi connectivity index (χ1n) is 8.55. The van der Waals surface area contributed by atoms with Crippen molar-refractivity contribution in [2.75, 3.05) is 18.6 Å². The van der Waals surface area contributed by atoms with Gasteiger partial charge in [-0.3, -0.25) is 4.79 Å².